The molecule has 24 heavy (non-hydrogen) atoms. The van der Waals surface area contributed by atoms with Gasteiger partial charge in [-0.2, -0.15) is 0 Å². The summed E-state index contributed by atoms with van der Waals surface area (Å²) < 4.78 is 0. The number of carboxylic acids is 1. The average Bonchev–Trinajstić information content (AvgIpc) is 2.84. The molecule has 0 aromatic rings. The van der Waals surface area contributed by atoms with Crippen LogP contribution in [0.2, 0.25) is 0 Å². The van der Waals surface area contributed by atoms with Gasteiger partial charge in [0.15, 0.2) is 5.78 Å². The summed E-state index contributed by atoms with van der Waals surface area (Å²) in [5.41, 5.74) is 1.87. The second-order valence-electron chi connectivity index (χ2n) is 9.39. The molecular weight excluding hydrogens is 300 g/mol. The zero-order valence-corrected chi connectivity index (χ0v) is 15.0. The molecule has 0 spiro atoms. The maximum absolute atomic E-state index is 11.9. The number of carboxylic acid groups (broad SMARTS) is 1. The predicted molar refractivity (Wildman–Crippen MR) is 92.5 cm³/mol. The number of hydrogen-bond acceptors (Lipinski definition) is 2. The van der Waals surface area contributed by atoms with E-state index in [0.29, 0.717) is 36.4 Å². The summed E-state index contributed by atoms with van der Waals surface area (Å²) in [7, 11) is 0. The molecular formula is C21H30O3. The van der Waals surface area contributed by atoms with Gasteiger partial charge in [0.05, 0.1) is 0 Å². The fourth-order valence-corrected chi connectivity index (χ4v) is 7.21. The second kappa shape index (κ2) is 5.44. The predicted octanol–water partition coefficient (Wildman–Crippen LogP) is 4.61. The van der Waals surface area contributed by atoms with Gasteiger partial charge in [-0.25, -0.2) is 0 Å². The quantitative estimate of drug-likeness (QED) is 0.804. The minimum atomic E-state index is -0.629. The van der Waals surface area contributed by atoms with E-state index in [0.717, 1.165) is 25.2 Å². The molecule has 1 N–H and O–H groups in total. The first-order valence-electron chi connectivity index (χ1n) is 9.80. The Morgan fingerprint density at radius 1 is 1.12 bits per heavy atom. The molecule has 3 fully saturated rings. The minimum absolute atomic E-state index is 0.224. The van der Waals surface area contributed by atoms with Gasteiger partial charge >= 0.3 is 5.97 Å². The standard InChI is InChI=1S/C21H30O3/c1-20-9-7-15(22)11-13(20)3-5-16-17-6-4-14(12-19(23)24)21(17,2)10-8-18(16)20/h11,14,16-18H,3-10,12H2,1-2H3,(H,23,24)/t14?,16?,17?,18?,20-,21+/m0/s1. The SMILES string of the molecule is C[C@]12CCC3C(CCC4=CC(=O)CC[C@@]43C)C1CCC2CC(=O)O. The van der Waals surface area contributed by atoms with Crippen LogP contribution in [0.15, 0.2) is 11.6 Å². The Balaban J connectivity index is 1.62. The number of rotatable bonds is 2. The maximum atomic E-state index is 11.9. The summed E-state index contributed by atoms with van der Waals surface area (Å²) in [6.07, 6.45) is 11.0. The largest absolute Gasteiger partial charge is 0.481 e. The van der Waals surface area contributed by atoms with Crippen molar-refractivity contribution < 1.29 is 14.7 Å². The topological polar surface area (TPSA) is 54.4 Å². The molecule has 3 saturated carbocycles. The molecule has 0 heterocycles. The van der Waals surface area contributed by atoms with Crippen molar-refractivity contribution in [2.75, 3.05) is 0 Å². The summed E-state index contributed by atoms with van der Waals surface area (Å²) in [4.78, 5) is 23.2. The number of aliphatic carboxylic acids is 1. The number of carbonyl (C=O) groups is 2. The lowest BCUT2D eigenvalue weighted by atomic mass is 9.47. The summed E-state index contributed by atoms with van der Waals surface area (Å²) in [6, 6.07) is 0. The van der Waals surface area contributed by atoms with E-state index in [4.69, 9.17) is 0 Å². The summed E-state index contributed by atoms with van der Waals surface area (Å²) in [6.45, 7) is 4.79. The van der Waals surface area contributed by atoms with E-state index in [1.165, 1.54) is 31.3 Å². The molecule has 0 saturated heterocycles. The molecule has 3 heteroatoms. The van der Waals surface area contributed by atoms with Crippen LogP contribution in [-0.2, 0) is 9.59 Å². The van der Waals surface area contributed by atoms with E-state index in [1.807, 2.05) is 6.08 Å². The van der Waals surface area contributed by atoms with Gasteiger partial charge in [-0.3, -0.25) is 9.59 Å². The van der Waals surface area contributed by atoms with Crippen LogP contribution in [0.25, 0.3) is 0 Å². The van der Waals surface area contributed by atoms with Crippen LogP contribution in [0.1, 0.15) is 71.6 Å². The van der Waals surface area contributed by atoms with Crippen LogP contribution >= 0.6 is 0 Å². The first kappa shape index (κ1) is 16.4. The summed E-state index contributed by atoms with van der Waals surface area (Å²) in [5, 5.41) is 9.29. The monoisotopic (exact) mass is 330 g/mol. The number of allylic oxidation sites excluding steroid dienone is 1. The van der Waals surface area contributed by atoms with Gasteiger partial charge in [0.25, 0.3) is 0 Å². The van der Waals surface area contributed by atoms with Gasteiger partial charge in [-0.15, -0.1) is 0 Å². The first-order chi connectivity index (χ1) is 11.3. The Morgan fingerprint density at radius 3 is 2.67 bits per heavy atom. The van der Waals surface area contributed by atoms with E-state index in [-0.39, 0.29) is 10.8 Å². The normalized spacial score (nSPS) is 47.4. The van der Waals surface area contributed by atoms with Crippen molar-refractivity contribution in [2.24, 2.45) is 34.5 Å². The van der Waals surface area contributed by atoms with Gasteiger partial charge in [0.1, 0.15) is 0 Å². The van der Waals surface area contributed by atoms with Crippen LogP contribution in [-0.4, -0.2) is 16.9 Å². The molecule has 0 aromatic heterocycles. The Labute approximate surface area is 144 Å². The average molecular weight is 330 g/mol. The van der Waals surface area contributed by atoms with Gasteiger partial charge in [-0.05, 0) is 85.5 Å². The summed E-state index contributed by atoms with van der Waals surface area (Å²) >= 11 is 0. The smallest absolute Gasteiger partial charge is 0.303 e. The van der Waals surface area contributed by atoms with Gasteiger partial charge in [0, 0.05) is 12.8 Å². The third-order valence-electron chi connectivity index (χ3n) is 8.58. The molecule has 4 aliphatic rings. The van der Waals surface area contributed by atoms with E-state index in [2.05, 4.69) is 13.8 Å². The van der Waals surface area contributed by atoms with Crippen molar-refractivity contribution in [2.45, 2.75) is 71.6 Å². The van der Waals surface area contributed by atoms with E-state index in [1.54, 1.807) is 0 Å². The highest BCUT2D eigenvalue weighted by molar-refractivity contribution is 5.91. The number of hydrogen-bond donors (Lipinski definition) is 1. The third-order valence-corrected chi connectivity index (χ3v) is 8.58. The lowest BCUT2D eigenvalue weighted by Gasteiger charge is -2.58. The number of carbonyl (C=O) groups excluding carboxylic acids is 1. The van der Waals surface area contributed by atoms with Crippen molar-refractivity contribution in [1.29, 1.82) is 0 Å². The Hall–Kier alpha value is -1.12. The van der Waals surface area contributed by atoms with Crippen LogP contribution in [0.5, 0.6) is 0 Å². The molecule has 4 rings (SSSR count). The second-order valence-corrected chi connectivity index (χ2v) is 9.39. The van der Waals surface area contributed by atoms with Gasteiger partial charge < -0.3 is 5.11 Å². The number of fused-ring (bicyclic) bond motifs is 5. The molecule has 0 amide bonds. The molecule has 4 unspecified atom stereocenters. The van der Waals surface area contributed by atoms with Crippen molar-refractivity contribution in [3.05, 3.63) is 11.6 Å². The fourth-order valence-electron chi connectivity index (χ4n) is 7.21. The van der Waals surface area contributed by atoms with E-state index >= 15 is 0 Å². The highest BCUT2D eigenvalue weighted by atomic mass is 16.4. The molecule has 6 atom stereocenters. The Kier molecular flexibility index (Phi) is 3.71. The molecule has 3 nitrogen and oxygen atoms in total. The lowest BCUT2D eigenvalue weighted by Crippen LogP contribution is -2.50. The van der Waals surface area contributed by atoms with Crippen molar-refractivity contribution in [3.8, 4) is 0 Å². The Morgan fingerprint density at radius 2 is 1.92 bits per heavy atom. The summed E-state index contributed by atoms with van der Waals surface area (Å²) in [5.74, 6) is 2.18. The molecule has 0 aromatic carbocycles. The minimum Gasteiger partial charge on any atom is -0.481 e. The zero-order chi connectivity index (χ0) is 17.1. The highest BCUT2D eigenvalue weighted by Crippen LogP contribution is 2.66. The van der Waals surface area contributed by atoms with Gasteiger partial charge in [0.2, 0.25) is 0 Å². The Bertz CT molecular complexity index is 606. The van der Waals surface area contributed by atoms with E-state index < -0.39 is 5.97 Å². The molecule has 4 aliphatic carbocycles. The van der Waals surface area contributed by atoms with Crippen LogP contribution in [0.4, 0.5) is 0 Å². The van der Waals surface area contributed by atoms with E-state index in [9.17, 15) is 14.7 Å². The van der Waals surface area contributed by atoms with Crippen molar-refractivity contribution >= 4 is 11.8 Å². The molecule has 0 aliphatic heterocycles. The number of ketones is 1. The maximum Gasteiger partial charge on any atom is 0.303 e. The van der Waals surface area contributed by atoms with Gasteiger partial charge in [-0.1, -0.05) is 19.4 Å². The van der Waals surface area contributed by atoms with Crippen molar-refractivity contribution in [3.63, 3.8) is 0 Å². The lowest BCUT2D eigenvalue weighted by molar-refractivity contribution is -0.140. The third kappa shape index (κ3) is 2.23. The van der Waals surface area contributed by atoms with Crippen LogP contribution in [0, 0.1) is 34.5 Å². The first-order valence-corrected chi connectivity index (χ1v) is 9.80. The van der Waals surface area contributed by atoms with Crippen LogP contribution in [0.3, 0.4) is 0 Å². The molecule has 0 bridgehead atoms. The molecule has 132 valence electrons. The highest BCUT2D eigenvalue weighted by Gasteiger charge is 2.58. The molecule has 0 radical (unpaired) electrons. The van der Waals surface area contributed by atoms with Crippen molar-refractivity contribution in [1.82, 2.24) is 0 Å². The fraction of sp³-hybridized carbons (Fsp3) is 0.810. The zero-order valence-electron chi connectivity index (χ0n) is 15.0. The van der Waals surface area contributed by atoms with Crippen LogP contribution < -0.4 is 0 Å².